The maximum absolute atomic E-state index is 6.15. The van der Waals surface area contributed by atoms with Crippen LogP contribution in [0.4, 0.5) is 0 Å². The second kappa shape index (κ2) is 12.3. The molecule has 0 spiro atoms. The summed E-state index contributed by atoms with van der Waals surface area (Å²) in [6.07, 6.45) is 0. The lowest BCUT2D eigenvalue weighted by molar-refractivity contribution is 0.669. The topological polar surface area (TPSA) is 61.7 Å². The molecule has 0 aliphatic rings. The largest absolute Gasteiger partial charge is 0.456 e. The van der Waals surface area contributed by atoms with Crippen LogP contribution < -0.4 is 0 Å². The fourth-order valence-electron chi connectivity index (χ4n) is 8.56. The first-order valence-corrected chi connectivity index (χ1v) is 19.1. The van der Waals surface area contributed by atoms with Crippen LogP contribution in [0.1, 0.15) is 0 Å². The van der Waals surface area contributed by atoms with E-state index in [9.17, 15) is 0 Å². The molecule has 0 aliphatic heterocycles. The molecule has 6 nitrogen and oxygen atoms in total. The van der Waals surface area contributed by atoms with Crippen molar-refractivity contribution < 1.29 is 4.42 Å². The molecule has 0 radical (unpaired) electrons. The molecular weight excluding hydrogens is 699 g/mol. The number of furan rings is 1. The monoisotopic (exact) mass is 729 g/mol. The van der Waals surface area contributed by atoms with E-state index in [0.717, 1.165) is 71.9 Å². The molecular formula is C51H31N5O. The van der Waals surface area contributed by atoms with E-state index >= 15 is 0 Å². The van der Waals surface area contributed by atoms with E-state index in [4.69, 9.17) is 19.4 Å². The van der Waals surface area contributed by atoms with Crippen molar-refractivity contribution in [3.05, 3.63) is 188 Å². The maximum atomic E-state index is 6.15. The summed E-state index contributed by atoms with van der Waals surface area (Å²) in [5, 5.41) is 6.88. The zero-order valence-corrected chi connectivity index (χ0v) is 30.5. The highest BCUT2D eigenvalue weighted by molar-refractivity contribution is 6.12. The fraction of sp³-hybridized carbons (Fsp3) is 0. The average Bonchev–Trinajstić information content (AvgIpc) is 3.93. The Morgan fingerprint density at radius 3 is 1.51 bits per heavy atom. The highest BCUT2D eigenvalue weighted by atomic mass is 16.3. The quantitative estimate of drug-likeness (QED) is 0.177. The van der Waals surface area contributed by atoms with Crippen LogP contribution >= 0.6 is 0 Å². The summed E-state index contributed by atoms with van der Waals surface area (Å²) in [5.41, 5.74) is 11.2. The summed E-state index contributed by atoms with van der Waals surface area (Å²) in [6, 6.07) is 65.7. The molecule has 0 bridgehead atoms. The van der Waals surface area contributed by atoms with E-state index < -0.39 is 0 Å². The molecule has 0 saturated carbocycles. The molecule has 0 saturated heterocycles. The van der Waals surface area contributed by atoms with Gasteiger partial charge in [-0.1, -0.05) is 121 Å². The first kappa shape index (κ1) is 31.5. The van der Waals surface area contributed by atoms with Gasteiger partial charge in [-0.15, -0.1) is 0 Å². The van der Waals surface area contributed by atoms with Gasteiger partial charge in [-0.3, -0.25) is 0 Å². The van der Waals surface area contributed by atoms with Gasteiger partial charge in [0.15, 0.2) is 17.5 Å². The van der Waals surface area contributed by atoms with E-state index in [2.05, 4.69) is 137 Å². The molecule has 8 aromatic carbocycles. The van der Waals surface area contributed by atoms with Crippen molar-refractivity contribution in [2.45, 2.75) is 0 Å². The Labute approximate surface area is 326 Å². The van der Waals surface area contributed by atoms with Crippen molar-refractivity contribution in [1.82, 2.24) is 24.1 Å². The number of hydrogen-bond acceptors (Lipinski definition) is 4. The molecule has 4 aromatic heterocycles. The molecule has 0 N–H and O–H groups in total. The standard InChI is InChI=1S/C51H31N5O/c1-3-13-32(14-4-1)49-52-50(33-24-28-48-42(29-33)41-19-9-12-22-47(41)57-48)54-51(53-49)34-23-26-39-37-17-8-11-21-44(37)56(45(39)30-34)36-25-27-40-38-18-7-10-20-43(38)55(46(40)31-36)35-15-5-2-6-16-35/h1-31H. The minimum Gasteiger partial charge on any atom is -0.456 e. The van der Waals surface area contributed by atoms with Crippen molar-refractivity contribution in [1.29, 1.82) is 0 Å². The second-order valence-electron chi connectivity index (χ2n) is 14.5. The Morgan fingerprint density at radius 2 is 0.789 bits per heavy atom. The molecule has 0 fully saturated rings. The van der Waals surface area contributed by atoms with E-state index in [0.29, 0.717) is 17.5 Å². The van der Waals surface area contributed by atoms with Crippen LogP contribution in [0.25, 0.3) is 111 Å². The van der Waals surface area contributed by atoms with E-state index in [1.165, 1.54) is 21.7 Å². The predicted molar refractivity (Wildman–Crippen MR) is 232 cm³/mol. The summed E-state index contributed by atoms with van der Waals surface area (Å²) < 4.78 is 10.9. The van der Waals surface area contributed by atoms with Crippen LogP contribution in [0.2, 0.25) is 0 Å². The highest BCUT2D eigenvalue weighted by Gasteiger charge is 2.19. The Kier molecular flexibility index (Phi) is 6.83. The Morgan fingerprint density at radius 1 is 0.298 bits per heavy atom. The van der Waals surface area contributed by atoms with Crippen molar-refractivity contribution in [3.8, 4) is 45.5 Å². The number of para-hydroxylation sites is 4. The van der Waals surface area contributed by atoms with Gasteiger partial charge < -0.3 is 13.6 Å². The fourth-order valence-corrected chi connectivity index (χ4v) is 8.56. The molecule has 6 heteroatoms. The van der Waals surface area contributed by atoms with Gasteiger partial charge >= 0.3 is 0 Å². The molecule has 4 heterocycles. The third kappa shape index (κ3) is 4.94. The Hall–Kier alpha value is -7.83. The van der Waals surface area contributed by atoms with Gasteiger partial charge in [0.1, 0.15) is 11.2 Å². The second-order valence-corrected chi connectivity index (χ2v) is 14.5. The summed E-state index contributed by atoms with van der Waals surface area (Å²) in [7, 11) is 0. The normalized spacial score (nSPS) is 11.9. The predicted octanol–water partition coefficient (Wildman–Crippen LogP) is 13.0. The van der Waals surface area contributed by atoms with Crippen molar-refractivity contribution in [2.75, 3.05) is 0 Å². The molecule has 0 atom stereocenters. The number of nitrogens with zero attached hydrogens (tertiary/aromatic N) is 5. The molecule has 0 amide bonds. The van der Waals surface area contributed by atoms with Crippen LogP contribution in [-0.4, -0.2) is 24.1 Å². The van der Waals surface area contributed by atoms with E-state index in [1.54, 1.807) is 0 Å². The van der Waals surface area contributed by atoms with Crippen molar-refractivity contribution in [3.63, 3.8) is 0 Å². The van der Waals surface area contributed by atoms with Gasteiger partial charge in [-0.25, -0.2) is 15.0 Å². The molecule has 0 aliphatic carbocycles. The van der Waals surface area contributed by atoms with Gasteiger partial charge in [0.05, 0.1) is 22.1 Å². The first-order chi connectivity index (χ1) is 28.2. The Balaban J connectivity index is 1.08. The summed E-state index contributed by atoms with van der Waals surface area (Å²) in [6.45, 7) is 0. The van der Waals surface area contributed by atoms with Crippen molar-refractivity contribution >= 4 is 65.6 Å². The first-order valence-electron chi connectivity index (χ1n) is 19.1. The smallest absolute Gasteiger partial charge is 0.164 e. The lowest BCUT2D eigenvalue weighted by atomic mass is 10.1. The lowest BCUT2D eigenvalue weighted by Crippen LogP contribution is -2.00. The van der Waals surface area contributed by atoms with Crippen LogP contribution in [-0.2, 0) is 0 Å². The summed E-state index contributed by atoms with van der Waals surface area (Å²) in [4.78, 5) is 15.4. The average molecular weight is 730 g/mol. The van der Waals surface area contributed by atoms with Crippen molar-refractivity contribution in [2.24, 2.45) is 0 Å². The van der Waals surface area contributed by atoms with Crippen LogP contribution in [0.3, 0.4) is 0 Å². The molecule has 266 valence electrons. The number of aromatic nitrogens is 5. The van der Waals surface area contributed by atoms with Crippen LogP contribution in [0, 0.1) is 0 Å². The number of fused-ring (bicyclic) bond motifs is 9. The van der Waals surface area contributed by atoms with E-state index in [1.807, 2.05) is 60.7 Å². The van der Waals surface area contributed by atoms with E-state index in [-0.39, 0.29) is 0 Å². The van der Waals surface area contributed by atoms with Crippen LogP contribution in [0.5, 0.6) is 0 Å². The third-order valence-electron chi connectivity index (χ3n) is 11.2. The van der Waals surface area contributed by atoms with Gasteiger partial charge in [0, 0.05) is 60.4 Å². The highest BCUT2D eigenvalue weighted by Crippen LogP contribution is 2.39. The number of rotatable bonds is 5. The summed E-state index contributed by atoms with van der Waals surface area (Å²) >= 11 is 0. The minimum absolute atomic E-state index is 0.603. The number of benzene rings is 8. The molecule has 0 unspecified atom stereocenters. The summed E-state index contributed by atoms with van der Waals surface area (Å²) in [5.74, 6) is 1.83. The molecule has 12 rings (SSSR count). The van der Waals surface area contributed by atoms with Crippen LogP contribution in [0.15, 0.2) is 192 Å². The van der Waals surface area contributed by atoms with Gasteiger partial charge in [0.25, 0.3) is 0 Å². The molecule has 57 heavy (non-hydrogen) atoms. The number of hydrogen-bond donors (Lipinski definition) is 0. The lowest BCUT2D eigenvalue weighted by Gasteiger charge is -2.12. The zero-order chi connectivity index (χ0) is 37.5. The maximum Gasteiger partial charge on any atom is 0.164 e. The SMILES string of the molecule is c1ccc(-c2nc(-c3ccc4oc5ccccc5c4c3)nc(-c3ccc4c5ccccc5n(-c5ccc6c7ccccc7n(-c7ccccc7)c6c5)c4c3)n2)cc1. The van der Waals surface area contributed by atoms with Gasteiger partial charge in [-0.05, 0) is 66.7 Å². The van der Waals surface area contributed by atoms with Gasteiger partial charge in [0.2, 0.25) is 0 Å². The Bertz CT molecular complexity index is 3520. The minimum atomic E-state index is 0.603. The third-order valence-corrected chi connectivity index (χ3v) is 11.2. The zero-order valence-electron chi connectivity index (χ0n) is 30.5. The molecule has 12 aromatic rings. The van der Waals surface area contributed by atoms with Gasteiger partial charge in [-0.2, -0.15) is 0 Å².